The Kier molecular flexibility index (Phi) is 8.69. The van der Waals surface area contributed by atoms with Gasteiger partial charge in [0, 0.05) is 24.7 Å². The van der Waals surface area contributed by atoms with Gasteiger partial charge in [-0.3, -0.25) is 9.59 Å². The number of hydrogen-bond acceptors (Lipinski definition) is 3. The van der Waals surface area contributed by atoms with Crippen molar-refractivity contribution in [2.24, 2.45) is 0 Å². The van der Waals surface area contributed by atoms with Gasteiger partial charge in [-0.25, -0.2) is 0 Å². The Balaban J connectivity index is 2.27. The first kappa shape index (κ1) is 21.0. The minimum atomic E-state index is -0.754. The number of carbonyl (C=O) groups excluding carboxylic acids is 2. The normalized spacial score (nSPS) is 16.1. The van der Waals surface area contributed by atoms with Crippen molar-refractivity contribution in [3.63, 3.8) is 0 Å². The molecular weight excluding hydrogens is 375 g/mol. The van der Waals surface area contributed by atoms with Gasteiger partial charge in [-0.1, -0.05) is 43.0 Å². The molecule has 7 heteroatoms. The lowest BCUT2D eigenvalue weighted by Gasteiger charge is -2.33. The molecule has 1 aliphatic carbocycles. The summed E-state index contributed by atoms with van der Waals surface area (Å²) in [6.45, 7) is 0.608. The Hall–Kier alpha value is -1.30. The van der Waals surface area contributed by atoms with Crippen LogP contribution in [0, 0.1) is 0 Å². The summed E-state index contributed by atoms with van der Waals surface area (Å²) in [5, 5.41) is 3.69. The number of rotatable bonds is 8. The Labute approximate surface area is 165 Å². The van der Waals surface area contributed by atoms with E-state index in [-0.39, 0.29) is 30.3 Å². The van der Waals surface area contributed by atoms with Crippen LogP contribution < -0.4 is 5.32 Å². The molecule has 0 aromatic heterocycles. The summed E-state index contributed by atoms with van der Waals surface area (Å²) in [6, 6.07) is 6.38. The number of carbonyl (C=O) groups is 2. The molecule has 144 valence electrons. The maximum absolute atomic E-state index is 13.1. The second-order valence-electron chi connectivity index (χ2n) is 6.51. The van der Waals surface area contributed by atoms with Gasteiger partial charge in [0.15, 0.2) is 0 Å². The lowest BCUT2D eigenvalue weighted by molar-refractivity contribution is -0.140. The van der Waals surface area contributed by atoms with Crippen molar-refractivity contribution in [2.75, 3.05) is 26.1 Å². The second-order valence-corrected chi connectivity index (χ2v) is 7.21. The van der Waals surface area contributed by atoms with Gasteiger partial charge in [-0.2, -0.15) is 0 Å². The van der Waals surface area contributed by atoms with E-state index in [0.29, 0.717) is 17.2 Å². The fourth-order valence-electron chi connectivity index (χ4n) is 3.31. The second kappa shape index (κ2) is 10.8. The van der Waals surface area contributed by atoms with Crippen LogP contribution in [0.4, 0.5) is 0 Å². The number of nitrogens with zero attached hydrogens (tertiary/aromatic N) is 1. The highest BCUT2D eigenvalue weighted by Gasteiger charge is 2.32. The molecule has 1 fully saturated rings. The van der Waals surface area contributed by atoms with E-state index in [2.05, 4.69) is 5.32 Å². The van der Waals surface area contributed by atoms with Crippen LogP contribution in [-0.4, -0.2) is 48.9 Å². The largest absolute Gasteiger partial charge is 0.383 e. The van der Waals surface area contributed by atoms with Crippen molar-refractivity contribution in [3.8, 4) is 0 Å². The number of benzene rings is 1. The van der Waals surface area contributed by atoms with E-state index < -0.39 is 6.04 Å². The van der Waals surface area contributed by atoms with Gasteiger partial charge in [-0.15, -0.1) is 11.6 Å². The maximum Gasteiger partial charge on any atom is 0.247 e. The molecule has 5 nitrogen and oxygen atoms in total. The van der Waals surface area contributed by atoms with E-state index in [4.69, 9.17) is 27.9 Å². The van der Waals surface area contributed by atoms with Gasteiger partial charge in [0.2, 0.25) is 11.8 Å². The van der Waals surface area contributed by atoms with Gasteiger partial charge in [0.25, 0.3) is 0 Å². The molecule has 0 radical (unpaired) electrons. The van der Waals surface area contributed by atoms with Crippen LogP contribution >= 0.6 is 23.2 Å². The van der Waals surface area contributed by atoms with Crippen molar-refractivity contribution >= 4 is 35.0 Å². The number of hydrogen-bond donors (Lipinski definition) is 1. The van der Waals surface area contributed by atoms with E-state index in [1.54, 1.807) is 31.4 Å². The fourth-order valence-corrected chi connectivity index (χ4v) is 3.59. The Morgan fingerprint density at radius 1 is 1.23 bits per heavy atom. The summed E-state index contributed by atoms with van der Waals surface area (Å²) >= 11 is 11.8. The molecule has 26 heavy (non-hydrogen) atoms. The lowest BCUT2D eigenvalue weighted by Crippen LogP contribution is -2.48. The molecule has 1 aliphatic rings. The van der Waals surface area contributed by atoms with Crippen molar-refractivity contribution in [1.82, 2.24) is 10.2 Å². The Morgan fingerprint density at radius 3 is 2.46 bits per heavy atom. The number of methoxy groups -OCH3 is 1. The molecule has 1 N–H and O–H groups in total. The number of amides is 2. The zero-order valence-electron chi connectivity index (χ0n) is 15.0. The average molecular weight is 401 g/mol. The molecule has 0 unspecified atom stereocenters. The molecule has 1 aromatic rings. The molecule has 1 atom stereocenters. The quantitative estimate of drug-likeness (QED) is 0.678. The fraction of sp³-hybridized carbons (Fsp3) is 0.579. The number of ether oxygens (including phenoxy) is 1. The van der Waals surface area contributed by atoms with Gasteiger partial charge in [0.05, 0.1) is 6.61 Å². The number of nitrogens with one attached hydrogen (secondary N) is 1. The summed E-state index contributed by atoms with van der Waals surface area (Å²) in [4.78, 5) is 27.0. The highest BCUT2D eigenvalue weighted by Crippen LogP contribution is 2.25. The van der Waals surface area contributed by atoms with Gasteiger partial charge < -0.3 is 15.0 Å². The summed E-state index contributed by atoms with van der Waals surface area (Å²) in [7, 11) is 1.56. The zero-order chi connectivity index (χ0) is 18.9. The first-order valence-corrected chi connectivity index (χ1v) is 9.88. The summed E-state index contributed by atoms with van der Waals surface area (Å²) in [5.74, 6) is -0.680. The van der Waals surface area contributed by atoms with Crippen LogP contribution in [0.3, 0.4) is 0 Å². The van der Waals surface area contributed by atoms with E-state index >= 15 is 0 Å². The zero-order valence-corrected chi connectivity index (χ0v) is 16.6. The molecule has 1 aromatic carbocycles. The minimum absolute atomic E-state index is 0.154. The van der Waals surface area contributed by atoms with Crippen LogP contribution in [-0.2, 0) is 14.3 Å². The summed E-state index contributed by atoms with van der Waals surface area (Å²) in [5.41, 5.74) is 0.706. The predicted octanol–water partition coefficient (Wildman–Crippen LogP) is 3.54. The van der Waals surface area contributed by atoms with Gasteiger partial charge in [0.1, 0.15) is 11.9 Å². The van der Waals surface area contributed by atoms with Crippen LogP contribution in [0.1, 0.15) is 43.7 Å². The van der Waals surface area contributed by atoms with Gasteiger partial charge >= 0.3 is 0 Å². The monoisotopic (exact) mass is 400 g/mol. The van der Waals surface area contributed by atoms with Crippen LogP contribution in [0.25, 0.3) is 0 Å². The molecule has 2 rings (SSSR count). The van der Waals surface area contributed by atoms with Crippen molar-refractivity contribution in [1.29, 1.82) is 0 Å². The average Bonchev–Trinajstić information content (AvgIpc) is 2.66. The molecule has 0 heterocycles. The number of alkyl halides is 1. The van der Waals surface area contributed by atoms with E-state index in [9.17, 15) is 9.59 Å². The predicted molar refractivity (Wildman–Crippen MR) is 104 cm³/mol. The standard InChI is InChI=1S/C19H26Cl2N2O3/c1-26-12-11-23(17(24)13-20)18(14-7-9-15(21)10-8-14)19(25)22-16-5-3-2-4-6-16/h7-10,16,18H,2-6,11-13H2,1H3,(H,22,25)/t18-/m0/s1. The molecular formula is C19H26Cl2N2O3. The first-order valence-electron chi connectivity index (χ1n) is 8.97. The number of halogens is 2. The lowest BCUT2D eigenvalue weighted by atomic mass is 9.94. The van der Waals surface area contributed by atoms with Crippen LogP contribution in [0.5, 0.6) is 0 Å². The maximum atomic E-state index is 13.1. The first-order chi connectivity index (χ1) is 12.6. The third kappa shape index (κ3) is 5.86. The molecule has 0 aliphatic heterocycles. The smallest absolute Gasteiger partial charge is 0.247 e. The summed E-state index contributed by atoms with van der Waals surface area (Å²) in [6.07, 6.45) is 5.38. The van der Waals surface area contributed by atoms with E-state index in [1.165, 1.54) is 11.3 Å². The van der Waals surface area contributed by atoms with Crippen LogP contribution in [0.2, 0.25) is 5.02 Å². The molecule has 1 saturated carbocycles. The van der Waals surface area contributed by atoms with E-state index in [0.717, 1.165) is 25.7 Å². The SMILES string of the molecule is COCCN(C(=O)CCl)[C@H](C(=O)NC1CCCCC1)c1ccc(Cl)cc1. The van der Waals surface area contributed by atoms with E-state index in [1.807, 2.05) is 0 Å². The Morgan fingerprint density at radius 2 is 1.88 bits per heavy atom. The third-order valence-corrected chi connectivity index (χ3v) is 5.15. The van der Waals surface area contributed by atoms with Crippen LogP contribution in [0.15, 0.2) is 24.3 Å². The minimum Gasteiger partial charge on any atom is -0.383 e. The van der Waals surface area contributed by atoms with Gasteiger partial charge in [-0.05, 0) is 30.5 Å². The van der Waals surface area contributed by atoms with Crippen molar-refractivity contribution < 1.29 is 14.3 Å². The highest BCUT2D eigenvalue weighted by atomic mass is 35.5. The molecule has 2 amide bonds. The van der Waals surface area contributed by atoms with Crippen molar-refractivity contribution in [2.45, 2.75) is 44.2 Å². The molecule has 0 bridgehead atoms. The van der Waals surface area contributed by atoms with Crippen molar-refractivity contribution in [3.05, 3.63) is 34.9 Å². The molecule has 0 saturated heterocycles. The topological polar surface area (TPSA) is 58.6 Å². The molecule has 0 spiro atoms. The Bertz CT molecular complexity index is 589. The third-order valence-electron chi connectivity index (χ3n) is 4.67. The highest BCUT2D eigenvalue weighted by molar-refractivity contribution is 6.30. The summed E-state index contributed by atoms with van der Waals surface area (Å²) < 4.78 is 5.11.